The second kappa shape index (κ2) is 10.5. The Morgan fingerprint density at radius 1 is 1.14 bits per heavy atom. The highest BCUT2D eigenvalue weighted by atomic mass is 35.5. The molecule has 3 aromatic rings. The second-order valence-electron chi connectivity index (χ2n) is 8.74. The first-order valence-electron chi connectivity index (χ1n) is 11.4. The van der Waals surface area contributed by atoms with Crippen LogP contribution in [0.25, 0.3) is 11.0 Å². The maximum absolute atomic E-state index is 13.7. The molecular weight excluding hydrogens is 468 g/mol. The number of nitrogens with zero attached hydrogens (tertiary/aromatic N) is 4. The molecule has 0 radical (unpaired) electrons. The number of methoxy groups -OCH3 is 1. The molecule has 3 amide bonds. The monoisotopic (exact) mass is 494 g/mol. The van der Waals surface area contributed by atoms with Crippen molar-refractivity contribution >= 4 is 40.4 Å². The Morgan fingerprint density at radius 3 is 2.63 bits per heavy atom. The molecule has 0 bridgehead atoms. The highest BCUT2D eigenvalue weighted by molar-refractivity contribution is 6.32. The second-order valence-corrected chi connectivity index (χ2v) is 9.15. The maximum Gasteiger partial charge on any atom is 0.240 e. The fourth-order valence-corrected chi connectivity index (χ4v) is 4.87. The number of amides is 3. The molecule has 1 fully saturated rings. The van der Waals surface area contributed by atoms with Gasteiger partial charge in [0.1, 0.15) is 0 Å². The van der Waals surface area contributed by atoms with Gasteiger partial charge in [-0.25, -0.2) is 0 Å². The molecule has 2 heterocycles. The molecule has 8 nitrogen and oxygen atoms in total. The molecule has 0 aliphatic carbocycles. The van der Waals surface area contributed by atoms with Gasteiger partial charge in [0.25, 0.3) is 0 Å². The minimum absolute atomic E-state index is 0.103. The lowest BCUT2D eigenvalue weighted by atomic mass is 9.75. The number of rotatable bonds is 9. The van der Waals surface area contributed by atoms with E-state index < -0.39 is 11.3 Å². The van der Waals surface area contributed by atoms with Crippen LogP contribution in [0.2, 0.25) is 5.02 Å². The number of hydrogen-bond donors (Lipinski definition) is 0. The summed E-state index contributed by atoms with van der Waals surface area (Å²) >= 11 is 6.49. The number of carbonyl (C=O) groups excluding carboxylic acids is 3. The van der Waals surface area contributed by atoms with Gasteiger partial charge in [-0.15, -0.1) is 0 Å². The van der Waals surface area contributed by atoms with Crippen LogP contribution in [-0.4, -0.2) is 64.8 Å². The van der Waals surface area contributed by atoms with E-state index in [1.165, 1.54) is 4.90 Å². The summed E-state index contributed by atoms with van der Waals surface area (Å²) in [5.74, 6) is -0.965. The topological polar surface area (TPSA) is 92.7 Å². The lowest BCUT2D eigenvalue weighted by molar-refractivity contribution is -0.142. The summed E-state index contributed by atoms with van der Waals surface area (Å²) in [7, 11) is 3.25. The van der Waals surface area contributed by atoms with E-state index >= 15 is 0 Å². The van der Waals surface area contributed by atoms with Crippen molar-refractivity contribution in [2.24, 2.45) is 0 Å². The fourth-order valence-electron chi connectivity index (χ4n) is 4.55. The minimum Gasteiger partial charge on any atom is -0.385 e. The number of hydrogen-bond acceptors (Lipinski definition) is 6. The number of imide groups is 1. The van der Waals surface area contributed by atoms with Gasteiger partial charge >= 0.3 is 0 Å². The van der Waals surface area contributed by atoms with Gasteiger partial charge in [-0.3, -0.25) is 29.3 Å². The largest absolute Gasteiger partial charge is 0.385 e. The van der Waals surface area contributed by atoms with Crippen molar-refractivity contribution in [1.82, 2.24) is 19.8 Å². The maximum atomic E-state index is 13.7. The van der Waals surface area contributed by atoms with E-state index in [0.29, 0.717) is 30.2 Å². The number of fused-ring (bicyclic) bond motifs is 1. The third-order valence-corrected chi connectivity index (χ3v) is 6.69. The molecule has 1 aliphatic rings. The van der Waals surface area contributed by atoms with Crippen molar-refractivity contribution in [2.45, 2.75) is 31.2 Å². The third kappa shape index (κ3) is 5.04. The molecule has 1 unspecified atom stereocenters. The van der Waals surface area contributed by atoms with Crippen molar-refractivity contribution in [3.63, 3.8) is 0 Å². The van der Waals surface area contributed by atoms with Crippen LogP contribution in [-0.2, 0) is 31.1 Å². The first-order chi connectivity index (χ1) is 16.9. The molecule has 0 saturated carbocycles. The van der Waals surface area contributed by atoms with Gasteiger partial charge in [-0.1, -0.05) is 35.9 Å². The molecule has 1 aromatic heterocycles. The van der Waals surface area contributed by atoms with Crippen LogP contribution >= 0.6 is 11.6 Å². The fraction of sp³-hybridized carbons (Fsp3) is 0.346. The molecule has 4 rings (SSSR count). The Balaban J connectivity index is 1.59. The van der Waals surface area contributed by atoms with Crippen molar-refractivity contribution in [1.29, 1.82) is 0 Å². The third-order valence-electron chi connectivity index (χ3n) is 6.36. The lowest BCUT2D eigenvalue weighted by Gasteiger charge is -2.30. The zero-order chi connectivity index (χ0) is 25.0. The number of carbonyl (C=O) groups is 3. The minimum atomic E-state index is -1.34. The molecule has 1 saturated heterocycles. The molecule has 182 valence electrons. The molecule has 1 aliphatic heterocycles. The average Bonchev–Trinajstić information content (AvgIpc) is 3.09. The van der Waals surface area contributed by atoms with Crippen molar-refractivity contribution in [3.8, 4) is 0 Å². The average molecular weight is 495 g/mol. The van der Waals surface area contributed by atoms with E-state index in [4.69, 9.17) is 16.3 Å². The van der Waals surface area contributed by atoms with Gasteiger partial charge in [0.05, 0.1) is 16.4 Å². The number of likely N-dealkylation sites (tertiary alicyclic amines) is 1. The van der Waals surface area contributed by atoms with E-state index in [1.807, 2.05) is 18.2 Å². The number of ether oxygens (including phenoxy) is 1. The van der Waals surface area contributed by atoms with Gasteiger partial charge in [-0.2, -0.15) is 0 Å². The van der Waals surface area contributed by atoms with Crippen LogP contribution in [0, 0.1) is 0 Å². The standard InChI is InChI=1S/C26H27ClN4O4/c1-30(17-18-8-9-21-22(14-18)29-11-10-28-21)23(32)15-26(19-6-3-4-7-20(19)27)16-24(33)31(25(26)34)12-5-13-35-2/h3-4,6-11,14H,5,12-13,15-17H2,1-2H3. The van der Waals surface area contributed by atoms with E-state index in [0.717, 1.165) is 16.6 Å². The number of aromatic nitrogens is 2. The highest BCUT2D eigenvalue weighted by Crippen LogP contribution is 2.43. The zero-order valence-corrected chi connectivity index (χ0v) is 20.5. The zero-order valence-electron chi connectivity index (χ0n) is 19.7. The van der Waals surface area contributed by atoms with E-state index in [1.54, 1.807) is 55.7 Å². The summed E-state index contributed by atoms with van der Waals surface area (Å²) in [5.41, 5.74) is 1.55. The first kappa shape index (κ1) is 24.8. The molecular formula is C26H27ClN4O4. The van der Waals surface area contributed by atoms with Crippen LogP contribution in [0.1, 0.15) is 30.4 Å². The summed E-state index contributed by atoms with van der Waals surface area (Å²) < 4.78 is 5.07. The van der Waals surface area contributed by atoms with Crippen molar-refractivity contribution < 1.29 is 19.1 Å². The Morgan fingerprint density at radius 2 is 1.89 bits per heavy atom. The summed E-state index contributed by atoms with van der Waals surface area (Å²) in [6.07, 6.45) is 3.50. The van der Waals surface area contributed by atoms with Gasteiger partial charge < -0.3 is 9.64 Å². The van der Waals surface area contributed by atoms with Gasteiger partial charge in [-0.05, 0) is 35.7 Å². The summed E-state index contributed by atoms with van der Waals surface area (Å²) in [4.78, 5) is 51.4. The smallest absolute Gasteiger partial charge is 0.240 e. The molecule has 1 atom stereocenters. The van der Waals surface area contributed by atoms with E-state index in [2.05, 4.69) is 9.97 Å². The SMILES string of the molecule is COCCCN1C(=O)CC(CC(=O)N(C)Cc2ccc3nccnc3c2)(c2ccccc2Cl)C1=O. The van der Waals surface area contributed by atoms with Crippen LogP contribution < -0.4 is 0 Å². The predicted molar refractivity (Wildman–Crippen MR) is 132 cm³/mol. The van der Waals surface area contributed by atoms with Gasteiger partial charge in [0.2, 0.25) is 17.7 Å². The van der Waals surface area contributed by atoms with E-state index in [-0.39, 0.29) is 31.2 Å². The van der Waals surface area contributed by atoms with Crippen LogP contribution in [0.15, 0.2) is 54.9 Å². The Hall–Kier alpha value is -3.36. The van der Waals surface area contributed by atoms with Crippen LogP contribution in [0.4, 0.5) is 0 Å². The number of halogens is 1. The number of benzene rings is 2. The van der Waals surface area contributed by atoms with Crippen LogP contribution in [0.5, 0.6) is 0 Å². The highest BCUT2D eigenvalue weighted by Gasteiger charge is 2.54. The normalized spacial score (nSPS) is 17.9. The molecule has 35 heavy (non-hydrogen) atoms. The molecule has 2 aromatic carbocycles. The Kier molecular flexibility index (Phi) is 7.42. The van der Waals surface area contributed by atoms with Crippen LogP contribution in [0.3, 0.4) is 0 Å². The van der Waals surface area contributed by atoms with E-state index in [9.17, 15) is 14.4 Å². The molecule has 0 spiro atoms. The van der Waals surface area contributed by atoms with Crippen molar-refractivity contribution in [2.75, 3.05) is 27.3 Å². The summed E-state index contributed by atoms with van der Waals surface area (Å²) in [5, 5.41) is 0.357. The molecule has 0 N–H and O–H groups in total. The summed E-state index contributed by atoms with van der Waals surface area (Å²) in [6, 6.07) is 12.6. The summed E-state index contributed by atoms with van der Waals surface area (Å²) in [6.45, 7) is 0.984. The predicted octanol–water partition coefficient (Wildman–Crippen LogP) is 3.37. The van der Waals surface area contributed by atoms with Crippen molar-refractivity contribution in [3.05, 3.63) is 71.0 Å². The first-order valence-corrected chi connectivity index (χ1v) is 11.8. The Bertz CT molecular complexity index is 1270. The van der Waals surface area contributed by atoms with Gasteiger partial charge in [0, 0.05) is 64.1 Å². The Labute approximate surface area is 208 Å². The quantitative estimate of drug-likeness (QED) is 0.334. The molecule has 9 heteroatoms. The lowest BCUT2D eigenvalue weighted by Crippen LogP contribution is -2.43. The van der Waals surface area contributed by atoms with Gasteiger partial charge in [0.15, 0.2) is 0 Å².